The van der Waals surface area contributed by atoms with E-state index in [1.165, 1.54) is 0 Å². The first kappa shape index (κ1) is 17.4. The van der Waals surface area contributed by atoms with E-state index in [-0.39, 0.29) is 11.6 Å². The summed E-state index contributed by atoms with van der Waals surface area (Å²) in [5.74, 6) is 2.28. The standard InChI is InChI=1S/C19H17N7O2/c1-12-9-16(25-28-12)19(27)24-15-5-3-14(4-6-15)23-17-10-18(22-13(2)21-17)26-8-7-20-11-26/h3-11H,1-2H3,(H,24,27)(H,21,22,23). The monoisotopic (exact) mass is 375 g/mol. The lowest BCUT2D eigenvalue weighted by Crippen LogP contribution is -2.12. The first-order valence-corrected chi connectivity index (χ1v) is 8.52. The molecular weight excluding hydrogens is 358 g/mol. The number of hydrogen-bond donors (Lipinski definition) is 2. The van der Waals surface area contributed by atoms with E-state index in [1.54, 1.807) is 37.6 Å². The van der Waals surface area contributed by atoms with Crippen molar-refractivity contribution >= 4 is 23.1 Å². The Bertz CT molecular complexity index is 1100. The molecule has 4 rings (SSSR count). The molecule has 0 spiro atoms. The Labute approximate surface area is 160 Å². The second-order valence-electron chi connectivity index (χ2n) is 6.11. The SMILES string of the molecule is Cc1nc(Nc2ccc(NC(=O)c3cc(C)on3)cc2)cc(-n2ccnc2)n1. The van der Waals surface area contributed by atoms with Crippen molar-refractivity contribution in [2.45, 2.75) is 13.8 Å². The number of aromatic nitrogens is 5. The van der Waals surface area contributed by atoms with Gasteiger partial charge >= 0.3 is 0 Å². The van der Waals surface area contributed by atoms with Crippen molar-refractivity contribution in [2.24, 2.45) is 0 Å². The molecule has 9 heteroatoms. The summed E-state index contributed by atoms with van der Waals surface area (Å²) in [6.45, 7) is 3.56. The van der Waals surface area contributed by atoms with Crippen LogP contribution >= 0.6 is 0 Å². The maximum absolute atomic E-state index is 12.1. The van der Waals surface area contributed by atoms with Gasteiger partial charge in [0.15, 0.2) is 5.69 Å². The Morgan fingerprint density at radius 2 is 1.86 bits per heavy atom. The number of rotatable bonds is 5. The molecule has 0 fully saturated rings. The van der Waals surface area contributed by atoms with Crippen LogP contribution < -0.4 is 10.6 Å². The Balaban J connectivity index is 1.47. The second kappa shape index (κ2) is 7.31. The molecule has 3 aromatic heterocycles. The van der Waals surface area contributed by atoms with Gasteiger partial charge in [0.25, 0.3) is 5.91 Å². The van der Waals surface area contributed by atoms with Gasteiger partial charge in [0.2, 0.25) is 0 Å². The maximum atomic E-state index is 12.1. The molecule has 140 valence electrons. The molecule has 1 aromatic carbocycles. The van der Waals surface area contributed by atoms with Gasteiger partial charge in [0.1, 0.15) is 29.5 Å². The largest absolute Gasteiger partial charge is 0.361 e. The highest BCUT2D eigenvalue weighted by Gasteiger charge is 2.11. The molecule has 2 N–H and O–H groups in total. The summed E-state index contributed by atoms with van der Waals surface area (Å²) in [4.78, 5) is 25.0. The van der Waals surface area contributed by atoms with Crippen LogP contribution in [0.1, 0.15) is 22.1 Å². The number of hydrogen-bond acceptors (Lipinski definition) is 7. The average molecular weight is 375 g/mol. The van der Waals surface area contributed by atoms with Crippen LogP contribution in [0.15, 0.2) is 59.6 Å². The van der Waals surface area contributed by atoms with Crippen LogP contribution in [0, 0.1) is 13.8 Å². The van der Waals surface area contributed by atoms with E-state index < -0.39 is 0 Å². The molecule has 0 atom stereocenters. The Kier molecular flexibility index (Phi) is 4.55. The molecule has 9 nitrogen and oxygen atoms in total. The zero-order valence-electron chi connectivity index (χ0n) is 15.2. The van der Waals surface area contributed by atoms with E-state index in [0.717, 1.165) is 11.5 Å². The van der Waals surface area contributed by atoms with E-state index in [9.17, 15) is 4.79 Å². The van der Waals surface area contributed by atoms with Gasteiger partial charge in [-0.2, -0.15) is 0 Å². The summed E-state index contributed by atoms with van der Waals surface area (Å²) in [5, 5.41) is 9.71. The van der Waals surface area contributed by atoms with Crippen molar-refractivity contribution in [3.63, 3.8) is 0 Å². The normalized spacial score (nSPS) is 10.6. The van der Waals surface area contributed by atoms with Crippen LogP contribution in [0.5, 0.6) is 0 Å². The van der Waals surface area contributed by atoms with Crippen LogP contribution in [0.25, 0.3) is 5.82 Å². The first-order valence-electron chi connectivity index (χ1n) is 8.52. The Morgan fingerprint density at radius 3 is 2.54 bits per heavy atom. The molecule has 3 heterocycles. The summed E-state index contributed by atoms with van der Waals surface area (Å²) >= 11 is 0. The van der Waals surface area contributed by atoms with Crippen LogP contribution in [-0.4, -0.2) is 30.6 Å². The summed E-state index contributed by atoms with van der Waals surface area (Å²) in [5.41, 5.74) is 1.71. The number of carbonyl (C=O) groups is 1. The van der Waals surface area contributed by atoms with E-state index in [4.69, 9.17) is 4.52 Å². The fraction of sp³-hybridized carbons (Fsp3) is 0.105. The van der Waals surface area contributed by atoms with Gasteiger partial charge in [-0.15, -0.1) is 0 Å². The van der Waals surface area contributed by atoms with Gasteiger partial charge in [-0.1, -0.05) is 5.16 Å². The highest BCUT2D eigenvalue weighted by atomic mass is 16.5. The Hall–Kier alpha value is -4.01. The quantitative estimate of drug-likeness (QED) is 0.551. The predicted octanol–water partition coefficient (Wildman–Crippen LogP) is 3.26. The molecule has 4 aromatic rings. The maximum Gasteiger partial charge on any atom is 0.277 e. The third kappa shape index (κ3) is 3.88. The highest BCUT2D eigenvalue weighted by Crippen LogP contribution is 2.20. The third-order valence-electron chi connectivity index (χ3n) is 3.87. The molecule has 0 saturated heterocycles. The van der Waals surface area contributed by atoms with E-state index in [0.29, 0.717) is 23.1 Å². The number of aryl methyl sites for hydroxylation is 2. The van der Waals surface area contributed by atoms with Crippen molar-refractivity contribution < 1.29 is 9.32 Å². The van der Waals surface area contributed by atoms with Crippen LogP contribution in [-0.2, 0) is 0 Å². The van der Waals surface area contributed by atoms with Gasteiger partial charge in [-0.05, 0) is 38.1 Å². The van der Waals surface area contributed by atoms with Crippen LogP contribution in [0.2, 0.25) is 0 Å². The fourth-order valence-electron chi connectivity index (χ4n) is 2.60. The van der Waals surface area contributed by atoms with Crippen molar-refractivity contribution in [2.75, 3.05) is 10.6 Å². The lowest BCUT2D eigenvalue weighted by Gasteiger charge is -2.10. The minimum Gasteiger partial charge on any atom is -0.361 e. The lowest BCUT2D eigenvalue weighted by atomic mass is 10.2. The Morgan fingerprint density at radius 1 is 1.07 bits per heavy atom. The molecule has 0 radical (unpaired) electrons. The highest BCUT2D eigenvalue weighted by molar-refractivity contribution is 6.02. The number of amides is 1. The van der Waals surface area contributed by atoms with Crippen molar-refractivity contribution in [3.05, 3.63) is 72.4 Å². The van der Waals surface area contributed by atoms with Crippen molar-refractivity contribution in [1.29, 1.82) is 0 Å². The van der Waals surface area contributed by atoms with Gasteiger partial charge < -0.3 is 15.2 Å². The topological polar surface area (TPSA) is 111 Å². The van der Waals surface area contributed by atoms with Crippen LogP contribution in [0.3, 0.4) is 0 Å². The number of nitrogens with one attached hydrogen (secondary N) is 2. The lowest BCUT2D eigenvalue weighted by molar-refractivity contribution is 0.101. The molecule has 0 aliphatic carbocycles. The van der Waals surface area contributed by atoms with Gasteiger partial charge in [0, 0.05) is 35.9 Å². The van der Waals surface area contributed by atoms with E-state index >= 15 is 0 Å². The van der Waals surface area contributed by atoms with Crippen molar-refractivity contribution in [1.82, 2.24) is 24.7 Å². The summed E-state index contributed by atoms with van der Waals surface area (Å²) in [6, 6.07) is 10.7. The van der Waals surface area contributed by atoms with Gasteiger partial charge in [-0.25, -0.2) is 15.0 Å². The average Bonchev–Trinajstić information content (AvgIpc) is 3.35. The number of carbonyl (C=O) groups excluding carboxylic acids is 1. The summed E-state index contributed by atoms with van der Waals surface area (Å²) < 4.78 is 6.73. The molecule has 0 bridgehead atoms. The minimum absolute atomic E-state index is 0.239. The molecule has 0 unspecified atom stereocenters. The molecule has 28 heavy (non-hydrogen) atoms. The van der Waals surface area contributed by atoms with Crippen molar-refractivity contribution in [3.8, 4) is 5.82 Å². The third-order valence-corrected chi connectivity index (χ3v) is 3.87. The molecule has 0 saturated carbocycles. The van der Waals surface area contributed by atoms with E-state index in [2.05, 4.69) is 30.7 Å². The second-order valence-corrected chi connectivity index (χ2v) is 6.11. The number of benzene rings is 1. The zero-order valence-corrected chi connectivity index (χ0v) is 15.2. The first-order chi connectivity index (χ1) is 13.6. The number of anilines is 3. The van der Waals surface area contributed by atoms with Crippen LogP contribution in [0.4, 0.5) is 17.2 Å². The smallest absolute Gasteiger partial charge is 0.277 e. The molecular formula is C19H17N7O2. The predicted molar refractivity (Wildman–Crippen MR) is 103 cm³/mol. The number of imidazole rings is 1. The fourth-order valence-corrected chi connectivity index (χ4v) is 2.60. The summed E-state index contributed by atoms with van der Waals surface area (Å²) in [6.07, 6.45) is 5.19. The molecule has 0 aliphatic rings. The zero-order chi connectivity index (χ0) is 19.5. The van der Waals surface area contributed by atoms with E-state index in [1.807, 2.05) is 35.9 Å². The van der Waals surface area contributed by atoms with Gasteiger partial charge in [-0.3, -0.25) is 9.36 Å². The molecule has 1 amide bonds. The summed E-state index contributed by atoms with van der Waals surface area (Å²) in [7, 11) is 0. The van der Waals surface area contributed by atoms with Gasteiger partial charge in [0.05, 0.1) is 0 Å². The minimum atomic E-state index is -0.325. The molecule has 0 aliphatic heterocycles. The number of nitrogens with zero attached hydrogens (tertiary/aromatic N) is 5.